The molecule has 0 radical (unpaired) electrons. The minimum Gasteiger partial charge on any atom is -0.316 e. The third-order valence-electron chi connectivity index (χ3n) is 5.35. The topological polar surface area (TPSA) is 15.3 Å². The highest BCUT2D eigenvalue weighted by atomic mass is 32.2. The summed E-state index contributed by atoms with van der Waals surface area (Å²) in [5, 5.41) is 3.59. The summed E-state index contributed by atoms with van der Waals surface area (Å²) in [6, 6.07) is 1.74. The van der Waals surface area contributed by atoms with Gasteiger partial charge in [-0.3, -0.25) is 4.90 Å². The van der Waals surface area contributed by atoms with E-state index in [4.69, 9.17) is 0 Å². The van der Waals surface area contributed by atoms with Crippen LogP contribution in [0.15, 0.2) is 0 Å². The minimum atomic E-state index is 0.524. The van der Waals surface area contributed by atoms with Crippen LogP contribution in [0.3, 0.4) is 0 Å². The molecule has 0 spiro atoms. The molecule has 1 N–H and O–H groups in total. The minimum absolute atomic E-state index is 0.524. The Labute approximate surface area is 123 Å². The normalized spacial score (nSPS) is 35.5. The zero-order chi connectivity index (χ0) is 13.3. The highest BCUT2D eigenvalue weighted by molar-refractivity contribution is 7.99. The predicted molar refractivity (Wildman–Crippen MR) is 84.8 cm³/mol. The van der Waals surface area contributed by atoms with E-state index in [9.17, 15) is 0 Å². The first-order chi connectivity index (χ1) is 9.17. The summed E-state index contributed by atoms with van der Waals surface area (Å²) in [7, 11) is 0. The van der Waals surface area contributed by atoms with Gasteiger partial charge in [0.15, 0.2) is 0 Å². The van der Waals surface area contributed by atoms with Crippen LogP contribution in [0.25, 0.3) is 0 Å². The lowest BCUT2D eigenvalue weighted by Crippen LogP contribution is -2.53. The standard InChI is InChI=1S/C16H30N2S/c1-16(2)7-9-19-12-15(16)18(14-5-6-14)11-13-4-3-8-17-10-13/h13-15,17H,3-12H2,1-2H3. The molecule has 0 amide bonds. The van der Waals surface area contributed by atoms with Crippen molar-refractivity contribution >= 4 is 11.8 Å². The molecule has 2 unspecified atom stereocenters. The van der Waals surface area contributed by atoms with E-state index in [0.717, 1.165) is 18.0 Å². The molecule has 3 heteroatoms. The van der Waals surface area contributed by atoms with Crippen molar-refractivity contribution in [3.05, 3.63) is 0 Å². The van der Waals surface area contributed by atoms with Crippen molar-refractivity contribution in [2.45, 2.75) is 58.0 Å². The number of rotatable bonds is 4. The van der Waals surface area contributed by atoms with E-state index in [1.165, 1.54) is 63.2 Å². The maximum atomic E-state index is 3.59. The molecular weight excluding hydrogens is 252 g/mol. The second-order valence-electron chi connectivity index (χ2n) is 7.47. The first-order valence-electron chi connectivity index (χ1n) is 8.21. The number of nitrogens with zero attached hydrogens (tertiary/aromatic N) is 1. The van der Waals surface area contributed by atoms with E-state index < -0.39 is 0 Å². The van der Waals surface area contributed by atoms with Crippen LogP contribution in [-0.4, -0.2) is 48.1 Å². The van der Waals surface area contributed by atoms with Crippen molar-refractivity contribution in [3.63, 3.8) is 0 Å². The van der Waals surface area contributed by atoms with Gasteiger partial charge in [0, 0.05) is 24.4 Å². The zero-order valence-corrected chi connectivity index (χ0v) is 13.5. The summed E-state index contributed by atoms with van der Waals surface area (Å²) in [6.45, 7) is 8.86. The van der Waals surface area contributed by atoms with Gasteiger partial charge in [0.25, 0.3) is 0 Å². The van der Waals surface area contributed by atoms with Gasteiger partial charge in [-0.2, -0.15) is 11.8 Å². The number of thioether (sulfide) groups is 1. The molecule has 2 nitrogen and oxygen atoms in total. The lowest BCUT2D eigenvalue weighted by atomic mass is 9.80. The van der Waals surface area contributed by atoms with Crippen molar-refractivity contribution in [2.24, 2.45) is 11.3 Å². The van der Waals surface area contributed by atoms with Crippen LogP contribution in [0.5, 0.6) is 0 Å². The predicted octanol–water partition coefficient (Wildman–Crippen LogP) is 2.98. The quantitative estimate of drug-likeness (QED) is 0.853. The Morgan fingerprint density at radius 2 is 2.11 bits per heavy atom. The summed E-state index contributed by atoms with van der Waals surface area (Å²) in [6.07, 6.45) is 7.13. The van der Waals surface area contributed by atoms with Gasteiger partial charge in [-0.05, 0) is 62.3 Å². The van der Waals surface area contributed by atoms with Crippen molar-refractivity contribution < 1.29 is 0 Å². The summed E-state index contributed by atoms with van der Waals surface area (Å²) < 4.78 is 0. The molecule has 0 aromatic carbocycles. The molecule has 0 aromatic rings. The van der Waals surface area contributed by atoms with Crippen molar-refractivity contribution in [2.75, 3.05) is 31.1 Å². The van der Waals surface area contributed by atoms with E-state index in [0.29, 0.717) is 5.41 Å². The van der Waals surface area contributed by atoms with Gasteiger partial charge in [0.2, 0.25) is 0 Å². The molecule has 110 valence electrons. The van der Waals surface area contributed by atoms with Gasteiger partial charge < -0.3 is 5.32 Å². The molecule has 3 rings (SSSR count). The molecule has 0 aromatic heterocycles. The average molecular weight is 282 g/mol. The van der Waals surface area contributed by atoms with Crippen LogP contribution in [0.4, 0.5) is 0 Å². The molecule has 19 heavy (non-hydrogen) atoms. The van der Waals surface area contributed by atoms with Gasteiger partial charge in [0.1, 0.15) is 0 Å². The van der Waals surface area contributed by atoms with Crippen molar-refractivity contribution in [1.29, 1.82) is 0 Å². The van der Waals surface area contributed by atoms with Crippen LogP contribution in [-0.2, 0) is 0 Å². The maximum Gasteiger partial charge on any atom is 0.0240 e. The van der Waals surface area contributed by atoms with Crippen LogP contribution in [0, 0.1) is 11.3 Å². The molecule has 3 aliphatic rings. The molecule has 2 saturated heterocycles. The highest BCUT2D eigenvalue weighted by Crippen LogP contribution is 2.42. The summed E-state index contributed by atoms with van der Waals surface area (Å²) in [5.41, 5.74) is 0.524. The molecule has 1 aliphatic carbocycles. The molecule has 2 heterocycles. The van der Waals surface area contributed by atoms with E-state index in [-0.39, 0.29) is 0 Å². The summed E-state index contributed by atoms with van der Waals surface area (Å²) >= 11 is 2.18. The van der Waals surface area contributed by atoms with Gasteiger partial charge in [-0.25, -0.2) is 0 Å². The van der Waals surface area contributed by atoms with Crippen LogP contribution in [0.2, 0.25) is 0 Å². The van der Waals surface area contributed by atoms with Gasteiger partial charge in [0.05, 0.1) is 0 Å². The fourth-order valence-electron chi connectivity index (χ4n) is 3.78. The largest absolute Gasteiger partial charge is 0.316 e. The SMILES string of the molecule is CC1(C)CCSCC1N(CC1CCCNC1)C1CC1. The smallest absolute Gasteiger partial charge is 0.0240 e. The summed E-state index contributed by atoms with van der Waals surface area (Å²) in [4.78, 5) is 2.92. The Hall–Kier alpha value is 0.270. The summed E-state index contributed by atoms with van der Waals surface area (Å²) in [5.74, 6) is 3.63. The number of hydrogen-bond acceptors (Lipinski definition) is 3. The van der Waals surface area contributed by atoms with Crippen LogP contribution >= 0.6 is 11.8 Å². The lowest BCUT2D eigenvalue weighted by Gasteiger charge is -2.46. The average Bonchev–Trinajstić information content (AvgIpc) is 3.22. The lowest BCUT2D eigenvalue weighted by molar-refractivity contribution is 0.0699. The molecule has 2 atom stereocenters. The van der Waals surface area contributed by atoms with Gasteiger partial charge in [-0.15, -0.1) is 0 Å². The zero-order valence-electron chi connectivity index (χ0n) is 12.7. The molecule has 2 aliphatic heterocycles. The van der Waals surface area contributed by atoms with Gasteiger partial charge >= 0.3 is 0 Å². The molecular formula is C16H30N2S. The van der Waals surface area contributed by atoms with E-state index in [2.05, 4.69) is 35.8 Å². The Kier molecular flexibility index (Phi) is 4.45. The first-order valence-corrected chi connectivity index (χ1v) is 9.36. The number of hydrogen-bond donors (Lipinski definition) is 1. The van der Waals surface area contributed by atoms with Crippen molar-refractivity contribution in [3.8, 4) is 0 Å². The van der Waals surface area contributed by atoms with Crippen molar-refractivity contribution in [1.82, 2.24) is 10.2 Å². The number of nitrogens with one attached hydrogen (secondary N) is 1. The Morgan fingerprint density at radius 1 is 1.26 bits per heavy atom. The molecule has 0 bridgehead atoms. The third-order valence-corrected chi connectivity index (χ3v) is 6.40. The van der Waals surface area contributed by atoms with Crippen LogP contribution in [0.1, 0.15) is 46.0 Å². The van der Waals surface area contributed by atoms with Crippen LogP contribution < -0.4 is 5.32 Å². The maximum absolute atomic E-state index is 3.59. The molecule has 1 saturated carbocycles. The second kappa shape index (κ2) is 5.95. The fraction of sp³-hybridized carbons (Fsp3) is 1.00. The third kappa shape index (κ3) is 3.48. The Morgan fingerprint density at radius 3 is 2.74 bits per heavy atom. The monoisotopic (exact) mass is 282 g/mol. The fourth-order valence-corrected chi connectivity index (χ4v) is 5.48. The Balaban J connectivity index is 1.65. The van der Waals surface area contributed by atoms with E-state index in [1.807, 2.05) is 0 Å². The molecule has 3 fully saturated rings. The number of piperidine rings is 1. The Bertz CT molecular complexity index is 295. The first kappa shape index (κ1) is 14.2. The van der Waals surface area contributed by atoms with E-state index >= 15 is 0 Å². The van der Waals surface area contributed by atoms with E-state index in [1.54, 1.807) is 0 Å². The van der Waals surface area contributed by atoms with Gasteiger partial charge in [-0.1, -0.05) is 13.8 Å². The second-order valence-corrected chi connectivity index (χ2v) is 8.62. The highest BCUT2D eigenvalue weighted by Gasteiger charge is 2.43.